The van der Waals surface area contributed by atoms with E-state index in [2.05, 4.69) is 38.2 Å². The van der Waals surface area contributed by atoms with Gasteiger partial charge in [-0.05, 0) is 94.7 Å². The number of halogens is 3. The van der Waals surface area contributed by atoms with E-state index >= 15 is 13.2 Å². The summed E-state index contributed by atoms with van der Waals surface area (Å²) in [6, 6.07) is 5.37. The van der Waals surface area contributed by atoms with Crippen molar-refractivity contribution >= 4 is 16.5 Å². The number of phenols is 1. The second kappa shape index (κ2) is 12.5. The molecule has 48 heavy (non-hydrogen) atoms. The second-order valence-corrected chi connectivity index (χ2v) is 14.2. The number of terminal acetylenes is 1. The summed E-state index contributed by atoms with van der Waals surface area (Å²) < 4.78 is 56.1. The molecule has 0 radical (unpaired) electrons. The molecule has 3 fully saturated rings. The van der Waals surface area contributed by atoms with Crippen LogP contribution in [0.1, 0.15) is 75.7 Å². The van der Waals surface area contributed by atoms with E-state index in [4.69, 9.17) is 11.2 Å². The highest BCUT2D eigenvalue weighted by Gasteiger charge is 2.49. The summed E-state index contributed by atoms with van der Waals surface area (Å²) in [5.74, 6) is -0.0107. The Labute approximate surface area is 281 Å². The highest BCUT2D eigenvalue weighted by atomic mass is 19.1. The topological polar surface area (TPSA) is 63.2 Å². The molecule has 3 saturated heterocycles. The van der Waals surface area contributed by atoms with E-state index in [-0.39, 0.29) is 44.6 Å². The minimum absolute atomic E-state index is 0.00874. The molecule has 3 aromatic carbocycles. The monoisotopic (exact) mass is 661 g/mol. The molecule has 0 aromatic heterocycles. The molecule has 0 saturated carbocycles. The molecular formula is C38H46F3N5O2. The van der Waals surface area contributed by atoms with Gasteiger partial charge in [0.15, 0.2) is 12.2 Å². The molecule has 0 amide bonds. The van der Waals surface area contributed by atoms with Crippen molar-refractivity contribution in [2.24, 2.45) is 0 Å². The zero-order chi connectivity index (χ0) is 34.0. The molecule has 5 aliphatic heterocycles. The predicted molar refractivity (Wildman–Crippen MR) is 183 cm³/mol. The van der Waals surface area contributed by atoms with E-state index in [0.29, 0.717) is 42.5 Å². The summed E-state index contributed by atoms with van der Waals surface area (Å²) >= 11 is 0. The van der Waals surface area contributed by atoms with Gasteiger partial charge in [0.25, 0.3) is 0 Å². The number of nitrogens with one attached hydrogen (secondary N) is 2. The summed E-state index contributed by atoms with van der Waals surface area (Å²) in [6.07, 6.45) is 10.1. The second-order valence-electron chi connectivity index (χ2n) is 14.2. The Morgan fingerprint density at radius 3 is 2.54 bits per heavy atom. The summed E-state index contributed by atoms with van der Waals surface area (Å²) in [6.45, 7) is 11.0. The molecule has 7 nitrogen and oxygen atoms in total. The Bertz CT molecular complexity index is 1780. The third-order valence-corrected chi connectivity index (χ3v) is 11.4. The van der Waals surface area contributed by atoms with Gasteiger partial charge in [0.1, 0.15) is 17.4 Å². The first kappa shape index (κ1) is 33.2. The molecular weight excluding hydrogens is 615 g/mol. The molecule has 0 spiro atoms. The molecule has 3 N–H and O–H groups in total. The van der Waals surface area contributed by atoms with Crippen molar-refractivity contribution in [2.75, 3.05) is 51.7 Å². The third-order valence-electron chi connectivity index (χ3n) is 11.4. The standard InChI is InChI=1S/C36H40F3N5O2.C2H6/c1-4-23-26(37)8-7-21-17-22(45)18-25(27(21)23)28-30(38)24-9-12-35(2)19-43(16-13-40-35)33-29(24)32(31(28)39)41-34(42(33)3)46-20-36-10-5-14-44(36)15-6-11-36;1-2/h1,7-8,17-18,33-34,40-41,45H,5-6,9-16,19-20H2,2-3H3;1-2H3. The molecule has 0 aliphatic carbocycles. The first-order valence-electron chi connectivity index (χ1n) is 17.4. The van der Waals surface area contributed by atoms with Crippen molar-refractivity contribution in [3.8, 4) is 29.2 Å². The maximum atomic E-state index is 17.3. The normalized spacial score (nSPS) is 27.6. The maximum absolute atomic E-state index is 17.3. The lowest BCUT2D eigenvalue weighted by molar-refractivity contribution is -0.120. The van der Waals surface area contributed by atoms with Gasteiger partial charge in [0.05, 0.1) is 29.6 Å². The van der Waals surface area contributed by atoms with Gasteiger partial charge in [-0.25, -0.2) is 18.1 Å². The van der Waals surface area contributed by atoms with Gasteiger partial charge in [-0.3, -0.25) is 9.80 Å². The zero-order valence-corrected chi connectivity index (χ0v) is 28.4. The van der Waals surface area contributed by atoms with Crippen molar-refractivity contribution in [1.82, 2.24) is 20.0 Å². The SMILES string of the molecule is C#Cc1c(F)ccc2cc(O)cc(-c3c(F)c4c5c(c3F)NC(OCC36CCCN3CCC6)N(C)C5N3CCNC(C)(CC4)C3)c12.CC. The molecule has 256 valence electrons. The summed E-state index contributed by atoms with van der Waals surface area (Å²) in [7, 11) is 1.96. The van der Waals surface area contributed by atoms with E-state index in [9.17, 15) is 5.11 Å². The lowest BCUT2D eigenvalue weighted by atomic mass is 9.82. The maximum Gasteiger partial charge on any atom is 0.188 e. The van der Waals surface area contributed by atoms with Crippen LogP contribution in [0, 0.1) is 29.8 Å². The smallest absolute Gasteiger partial charge is 0.188 e. The minimum Gasteiger partial charge on any atom is -0.508 e. The van der Waals surface area contributed by atoms with Crippen LogP contribution in [-0.4, -0.2) is 83.6 Å². The van der Waals surface area contributed by atoms with Crippen LogP contribution < -0.4 is 10.6 Å². The number of rotatable bonds is 4. The van der Waals surface area contributed by atoms with Crippen LogP contribution in [0.3, 0.4) is 0 Å². The number of aromatic hydroxyl groups is 1. The Balaban J connectivity index is 0.00000179. The third kappa shape index (κ3) is 5.17. The first-order valence-corrected chi connectivity index (χ1v) is 17.4. The average molecular weight is 662 g/mol. The molecule has 3 aromatic rings. The van der Waals surface area contributed by atoms with Crippen molar-refractivity contribution in [1.29, 1.82) is 0 Å². The number of benzene rings is 3. The van der Waals surface area contributed by atoms with Crippen LogP contribution in [0.5, 0.6) is 5.75 Å². The number of piperazine rings is 1. The fourth-order valence-corrected chi connectivity index (χ4v) is 9.14. The number of nitrogens with zero attached hydrogens (tertiary/aromatic N) is 3. The molecule has 10 heteroatoms. The fraction of sp³-hybridized carbons (Fsp3) is 0.526. The number of fused-ring (bicyclic) bond motifs is 5. The quantitative estimate of drug-likeness (QED) is 0.275. The van der Waals surface area contributed by atoms with Gasteiger partial charge >= 0.3 is 0 Å². The van der Waals surface area contributed by atoms with Crippen LogP contribution in [0.15, 0.2) is 24.3 Å². The summed E-state index contributed by atoms with van der Waals surface area (Å²) in [5, 5.41) is 18.3. The molecule has 8 rings (SSSR count). The van der Waals surface area contributed by atoms with Gasteiger partial charge in [-0.1, -0.05) is 25.8 Å². The van der Waals surface area contributed by atoms with Crippen molar-refractivity contribution < 1.29 is 23.0 Å². The predicted octanol–water partition coefficient (Wildman–Crippen LogP) is 6.53. The largest absolute Gasteiger partial charge is 0.508 e. The van der Waals surface area contributed by atoms with E-state index in [1.807, 2.05) is 20.9 Å². The summed E-state index contributed by atoms with van der Waals surface area (Å²) in [4.78, 5) is 6.91. The van der Waals surface area contributed by atoms with Gasteiger partial charge in [-0.15, -0.1) is 6.42 Å². The number of anilines is 1. The Morgan fingerprint density at radius 2 is 1.81 bits per heavy atom. The highest BCUT2D eigenvalue weighted by Crippen LogP contribution is 2.50. The number of hydrogen-bond acceptors (Lipinski definition) is 7. The van der Waals surface area contributed by atoms with Crippen molar-refractivity contribution in [3.63, 3.8) is 0 Å². The van der Waals surface area contributed by atoms with Crippen LogP contribution in [0.4, 0.5) is 18.9 Å². The average Bonchev–Trinajstić information content (AvgIpc) is 3.65. The van der Waals surface area contributed by atoms with Crippen LogP contribution in [0.25, 0.3) is 21.9 Å². The lowest BCUT2D eigenvalue weighted by Gasteiger charge is -2.53. The van der Waals surface area contributed by atoms with Gasteiger partial charge in [0.2, 0.25) is 0 Å². The molecule has 4 unspecified atom stereocenters. The summed E-state index contributed by atoms with van der Waals surface area (Å²) in [5.41, 5.74) is 0.456. The Morgan fingerprint density at radius 1 is 1.06 bits per heavy atom. The molecule has 5 aliphatic rings. The Hall–Kier alpha value is -3.33. The Kier molecular flexibility index (Phi) is 8.66. The van der Waals surface area contributed by atoms with Gasteiger partial charge in [-0.2, -0.15) is 0 Å². The number of hydrogen-bond donors (Lipinski definition) is 3. The first-order chi connectivity index (χ1) is 23.1. The lowest BCUT2D eigenvalue weighted by Crippen LogP contribution is -2.64. The van der Waals surface area contributed by atoms with Crippen molar-refractivity contribution in [2.45, 2.75) is 82.9 Å². The van der Waals surface area contributed by atoms with E-state index in [0.717, 1.165) is 51.9 Å². The molecule has 5 heterocycles. The van der Waals surface area contributed by atoms with Gasteiger partial charge in [0, 0.05) is 47.2 Å². The minimum atomic E-state index is -0.804. The van der Waals surface area contributed by atoms with Crippen LogP contribution in [0.2, 0.25) is 0 Å². The van der Waals surface area contributed by atoms with Crippen molar-refractivity contribution in [3.05, 3.63) is 58.4 Å². The van der Waals surface area contributed by atoms with E-state index in [1.54, 1.807) is 0 Å². The van der Waals surface area contributed by atoms with E-state index in [1.165, 1.54) is 24.3 Å². The van der Waals surface area contributed by atoms with Crippen LogP contribution in [-0.2, 0) is 11.2 Å². The number of phenolic OH excluding ortho intramolecular Hbond substituents is 1. The van der Waals surface area contributed by atoms with Gasteiger partial charge < -0.3 is 20.5 Å². The zero-order valence-electron chi connectivity index (χ0n) is 28.4. The highest BCUT2D eigenvalue weighted by molar-refractivity contribution is 6.02. The molecule has 2 bridgehead atoms. The fourth-order valence-electron chi connectivity index (χ4n) is 9.14. The number of ether oxygens (including phenoxy) is 1. The van der Waals surface area contributed by atoms with E-state index < -0.39 is 30.0 Å². The van der Waals surface area contributed by atoms with Crippen LogP contribution >= 0.6 is 0 Å². The molecule has 4 atom stereocenters.